The largest absolute Gasteiger partial charge is 0.315 e. The van der Waals surface area contributed by atoms with Crippen LogP contribution >= 0.6 is 0 Å². The number of hydrogen-bond donors (Lipinski definition) is 2. The average molecular weight is 213 g/mol. The minimum atomic E-state index is 0.616. The lowest BCUT2D eigenvalue weighted by Crippen LogP contribution is -2.52. The standard InChI is InChI=1S/C12H27N3/c1-10(2)12(9-15(3)4)14-11-6-5-7-13-8-11/h10-14H,5-9H2,1-4H3. The van der Waals surface area contributed by atoms with Crippen molar-refractivity contribution >= 4 is 0 Å². The van der Waals surface area contributed by atoms with Crippen molar-refractivity contribution in [3.63, 3.8) is 0 Å². The Kier molecular flexibility index (Phi) is 5.58. The van der Waals surface area contributed by atoms with Gasteiger partial charge in [0.15, 0.2) is 0 Å². The Bertz CT molecular complexity index is 162. The van der Waals surface area contributed by atoms with E-state index in [1.54, 1.807) is 0 Å². The molecular formula is C12H27N3. The molecule has 2 atom stereocenters. The third kappa shape index (κ3) is 4.96. The molecule has 0 spiro atoms. The highest BCUT2D eigenvalue weighted by atomic mass is 15.1. The van der Waals surface area contributed by atoms with E-state index in [9.17, 15) is 0 Å². The van der Waals surface area contributed by atoms with Crippen LogP contribution in [0.15, 0.2) is 0 Å². The first kappa shape index (κ1) is 12.9. The SMILES string of the molecule is CC(C)C(CN(C)C)NC1CCCNC1. The van der Waals surface area contributed by atoms with Crippen LogP contribution in [0, 0.1) is 5.92 Å². The van der Waals surface area contributed by atoms with E-state index in [4.69, 9.17) is 0 Å². The van der Waals surface area contributed by atoms with E-state index in [1.165, 1.54) is 19.4 Å². The summed E-state index contributed by atoms with van der Waals surface area (Å²) in [5, 5.41) is 7.24. The van der Waals surface area contributed by atoms with Crippen LogP contribution in [0.2, 0.25) is 0 Å². The monoisotopic (exact) mass is 213 g/mol. The van der Waals surface area contributed by atoms with Gasteiger partial charge in [-0.1, -0.05) is 13.8 Å². The first-order chi connectivity index (χ1) is 7.09. The molecule has 1 heterocycles. The van der Waals surface area contributed by atoms with Crippen molar-refractivity contribution in [3.8, 4) is 0 Å². The van der Waals surface area contributed by atoms with Crippen molar-refractivity contribution < 1.29 is 0 Å². The van der Waals surface area contributed by atoms with E-state index >= 15 is 0 Å². The normalized spacial score (nSPS) is 24.8. The van der Waals surface area contributed by atoms with Crippen LogP contribution in [0.25, 0.3) is 0 Å². The van der Waals surface area contributed by atoms with Gasteiger partial charge in [0, 0.05) is 25.2 Å². The van der Waals surface area contributed by atoms with Crippen molar-refractivity contribution in [2.24, 2.45) is 5.92 Å². The van der Waals surface area contributed by atoms with Gasteiger partial charge in [-0.25, -0.2) is 0 Å². The Labute approximate surface area is 94.6 Å². The summed E-state index contributed by atoms with van der Waals surface area (Å²) in [6.45, 7) is 8.07. The zero-order chi connectivity index (χ0) is 11.3. The highest BCUT2D eigenvalue weighted by Crippen LogP contribution is 2.08. The molecule has 2 N–H and O–H groups in total. The summed E-state index contributed by atoms with van der Waals surface area (Å²) in [4.78, 5) is 2.27. The molecule has 0 radical (unpaired) electrons. The van der Waals surface area contributed by atoms with Crippen LogP contribution in [-0.2, 0) is 0 Å². The van der Waals surface area contributed by atoms with Crippen LogP contribution < -0.4 is 10.6 Å². The second-order valence-corrected chi connectivity index (χ2v) is 5.32. The molecule has 0 bridgehead atoms. The van der Waals surface area contributed by atoms with Gasteiger partial charge in [0.05, 0.1) is 0 Å². The number of hydrogen-bond acceptors (Lipinski definition) is 3. The fourth-order valence-electron chi connectivity index (χ4n) is 2.15. The molecule has 1 rings (SSSR count). The van der Waals surface area contributed by atoms with Gasteiger partial charge in [-0.2, -0.15) is 0 Å². The fourth-order valence-corrected chi connectivity index (χ4v) is 2.15. The van der Waals surface area contributed by atoms with E-state index in [1.807, 2.05) is 0 Å². The van der Waals surface area contributed by atoms with Crippen molar-refractivity contribution in [1.29, 1.82) is 0 Å². The summed E-state index contributed by atoms with van der Waals surface area (Å²) in [5.41, 5.74) is 0. The quantitative estimate of drug-likeness (QED) is 0.711. The van der Waals surface area contributed by atoms with E-state index in [-0.39, 0.29) is 0 Å². The molecular weight excluding hydrogens is 186 g/mol. The Balaban J connectivity index is 2.35. The van der Waals surface area contributed by atoms with Crippen LogP contribution in [0.3, 0.4) is 0 Å². The van der Waals surface area contributed by atoms with E-state index in [2.05, 4.69) is 43.5 Å². The highest BCUT2D eigenvalue weighted by Gasteiger charge is 2.20. The first-order valence-corrected chi connectivity index (χ1v) is 6.21. The number of nitrogens with one attached hydrogen (secondary N) is 2. The third-order valence-electron chi connectivity index (χ3n) is 3.11. The summed E-state index contributed by atoms with van der Waals surface area (Å²) in [6.07, 6.45) is 2.63. The molecule has 1 aliphatic heterocycles. The molecule has 0 amide bonds. The molecule has 90 valence electrons. The third-order valence-corrected chi connectivity index (χ3v) is 3.11. The smallest absolute Gasteiger partial charge is 0.0220 e. The number of nitrogens with zero attached hydrogens (tertiary/aromatic N) is 1. The predicted molar refractivity (Wildman–Crippen MR) is 66.2 cm³/mol. The summed E-state index contributed by atoms with van der Waals surface area (Å²) < 4.78 is 0. The summed E-state index contributed by atoms with van der Waals surface area (Å²) in [7, 11) is 4.30. The van der Waals surface area contributed by atoms with Crippen LogP contribution in [0.4, 0.5) is 0 Å². The number of piperidine rings is 1. The van der Waals surface area contributed by atoms with Crippen molar-refractivity contribution in [2.45, 2.75) is 38.8 Å². The van der Waals surface area contributed by atoms with Gasteiger partial charge < -0.3 is 15.5 Å². The lowest BCUT2D eigenvalue weighted by atomic mass is 10.00. The van der Waals surface area contributed by atoms with Crippen LogP contribution in [0.1, 0.15) is 26.7 Å². The molecule has 0 saturated carbocycles. The Morgan fingerprint density at radius 1 is 1.40 bits per heavy atom. The molecule has 3 nitrogen and oxygen atoms in total. The Morgan fingerprint density at radius 2 is 2.13 bits per heavy atom. The van der Waals surface area contributed by atoms with Gasteiger partial charge in [0.2, 0.25) is 0 Å². The van der Waals surface area contributed by atoms with Gasteiger partial charge >= 0.3 is 0 Å². The van der Waals surface area contributed by atoms with Gasteiger partial charge in [0.1, 0.15) is 0 Å². The van der Waals surface area contributed by atoms with Gasteiger partial charge in [-0.15, -0.1) is 0 Å². The fraction of sp³-hybridized carbons (Fsp3) is 1.00. The van der Waals surface area contributed by atoms with Crippen LogP contribution in [-0.4, -0.2) is 50.7 Å². The van der Waals surface area contributed by atoms with Gasteiger partial charge in [0.25, 0.3) is 0 Å². The highest BCUT2D eigenvalue weighted by molar-refractivity contribution is 4.82. The van der Waals surface area contributed by atoms with E-state index < -0.39 is 0 Å². The molecule has 0 aromatic carbocycles. The molecule has 0 aromatic rings. The molecule has 3 heteroatoms. The zero-order valence-corrected chi connectivity index (χ0v) is 10.7. The maximum absolute atomic E-state index is 3.78. The predicted octanol–water partition coefficient (Wildman–Crippen LogP) is 0.914. The van der Waals surface area contributed by atoms with Gasteiger partial charge in [-0.05, 0) is 39.4 Å². The molecule has 2 unspecified atom stereocenters. The molecule has 0 aromatic heterocycles. The minimum Gasteiger partial charge on any atom is -0.315 e. The van der Waals surface area contributed by atoms with E-state index in [0.29, 0.717) is 18.0 Å². The minimum absolute atomic E-state index is 0.616. The molecule has 1 fully saturated rings. The topological polar surface area (TPSA) is 27.3 Å². The summed E-state index contributed by atoms with van der Waals surface area (Å²) in [5.74, 6) is 0.703. The average Bonchev–Trinajstić information content (AvgIpc) is 2.17. The number of rotatable bonds is 5. The summed E-state index contributed by atoms with van der Waals surface area (Å²) >= 11 is 0. The van der Waals surface area contributed by atoms with Crippen molar-refractivity contribution in [2.75, 3.05) is 33.7 Å². The van der Waals surface area contributed by atoms with Crippen molar-refractivity contribution in [3.05, 3.63) is 0 Å². The van der Waals surface area contributed by atoms with Gasteiger partial charge in [-0.3, -0.25) is 0 Å². The molecule has 1 saturated heterocycles. The Hall–Kier alpha value is -0.120. The Morgan fingerprint density at radius 3 is 2.60 bits per heavy atom. The molecule has 15 heavy (non-hydrogen) atoms. The zero-order valence-electron chi connectivity index (χ0n) is 10.7. The lowest BCUT2D eigenvalue weighted by Gasteiger charge is -2.32. The molecule has 0 aliphatic carbocycles. The first-order valence-electron chi connectivity index (χ1n) is 6.21. The summed E-state index contributed by atoms with van der Waals surface area (Å²) in [6, 6.07) is 1.29. The number of likely N-dealkylation sites (N-methyl/N-ethyl adjacent to an activating group) is 1. The maximum atomic E-state index is 3.78. The molecule has 1 aliphatic rings. The second kappa shape index (κ2) is 6.46. The second-order valence-electron chi connectivity index (χ2n) is 5.32. The maximum Gasteiger partial charge on any atom is 0.0220 e. The van der Waals surface area contributed by atoms with E-state index in [0.717, 1.165) is 13.1 Å². The van der Waals surface area contributed by atoms with Crippen LogP contribution in [0.5, 0.6) is 0 Å². The lowest BCUT2D eigenvalue weighted by molar-refractivity contribution is 0.251. The van der Waals surface area contributed by atoms with Crippen molar-refractivity contribution in [1.82, 2.24) is 15.5 Å².